The van der Waals surface area contributed by atoms with Crippen molar-refractivity contribution in [3.63, 3.8) is 0 Å². The van der Waals surface area contributed by atoms with Gasteiger partial charge in [0, 0.05) is 35.0 Å². The highest BCUT2D eigenvalue weighted by molar-refractivity contribution is 5.93. The van der Waals surface area contributed by atoms with Crippen molar-refractivity contribution in [2.75, 3.05) is 17.7 Å². The number of aromatic nitrogens is 2. The summed E-state index contributed by atoms with van der Waals surface area (Å²) in [6, 6.07) is 21.4. The number of nitrogens with zero attached hydrogens (tertiary/aromatic N) is 3. The van der Waals surface area contributed by atoms with Crippen LogP contribution in [0, 0.1) is 10.1 Å². The number of nitro groups is 1. The Hall–Kier alpha value is -4.20. The minimum Gasteiger partial charge on any atom is -0.497 e. The Kier molecular flexibility index (Phi) is 4.90. The Morgan fingerprint density at radius 3 is 2.45 bits per heavy atom. The monoisotopic (exact) mass is 387 g/mol. The van der Waals surface area contributed by atoms with Gasteiger partial charge in [-0.15, -0.1) is 0 Å². The molecule has 8 heteroatoms. The van der Waals surface area contributed by atoms with Crippen molar-refractivity contribution in [1.29, 1.82) is 0 Å². The summed E-state index contributed by atoms with van der Waals surface area (Å²) < 4.78 is 5.24. The number of nitrogens with one attached hydrogen (secondary N) is 2. The average Bonchev–Trinajstić information content (AvgIpc) is 2.74. The quantitative estimate of drug-likeness (QED) is 0.353. The van der Waals surface area contributed by atoms with E-state index in [2.05, 4.69) is 20.6 Å². The molecule has 4 aromatic rings. The summed E-state index contributed by atoms with van der Waals surface area (Å²) in [5.74, 6) is 1.53. The highest BCUT2D eigenvalue weighted by Crippen LogP contribution is 2.29. The van der Waals surface area contributed by atoms with E-state index in [9.17, 15) is 10.1 Å². The van der Waals surface area contributed by atoms with Crippen molar-refractivity contribution in [3.8, 4) is 5.75 Å². The lowest BCUT2D eigenvalue weighted by Crippen LogP contribution is -2.03. The zero-order valence-corrected chi connectivity index (χ0v) is 15.5. The van der Waals surface area contributed by atoms with E-state index in [4.69, 9.17) is 4.74 Å². The van der Waals surface area contributed by atoms with Crippen LogP contribution in [0.5, 0.6) is 5.75 Å². The first-order valence-corrected chi connectivity index (χ1v) is 8.82. The van der Waals surface area contributed by atoms with Crippen LogP contribution >= 0.6 is 0 Å². The van der Waals surface area contributed by atoms with Gasteiger partial charge in [0.1, 0.15) is 11.6 Å². The van der Waals surface area contributed by atoms with Crippen molar-refractivity contribution in [2.24, 2.45) is 0 Å². The number of nitro benzene ring substituents is 1. The summed E-state index contributed by atoms with van der Waals surface area (Å²) in [6.45, 7) is 0. The summed E-state index contributed by atoms with van der Waals surface area (Å²) in [6.07, 6.45) is 0. The van der Waals surface area contributed by atoms with Crippen LogP contribution in [0.25, 0.3) is 10.9 Å². The molecule has 1 aromatic heterocycles. The zero-order valence-electron chi connectivity index (χ0n) is 15.5. The molecule has 8 nitrogen and oxygen atoms in total. The van der Waals surface area contributed by atoms with Gasteiger partial charge in [-0.25, -0.2) is 4.98 Å². The predicted molar refractivity (Wildman–Crippen MR) is 112 cm³/mol. The highest BCUT2D eigenvalue weighted by atomic mass is 16.6. The largest absolute Gasteiger partial charge is 0.497 e. The maximum Gasteiger partial charge on any atom is 0.270 e. The van der Waals surface area contributed by atoms with Crippen molar-refractivity contribution in [1.82, 2.24) is 9.97 Å². The molecule has 0 aliphatic carbocycles. The molecule has 0 saturated carbocycles. The molecular weight excluding hydrogens is 370 g/mol. The molecule has 0 unspecified atom stereocenters. The van der Waals surface area contributed by atoms with Gasteiger partial charge in [-0.05, 0) is 30.3 Å². The maximum absolute atomic E-state index is 11.2. The van der Waals surface area contributed by atoms with Crippen LogP contribution in [0.2, 0.25) is 0 Å². The van der Waals surface area contributed by atoms with Gasteiger partial charge in [0.25, 0.3) is 5.69 Å². The highest BCUT2D eigenvalue weighted by Gasteiger charge is 2.14. The zero-order chi connectivity index (χ0) is 20.2. The molecule has 0 fully saturated rings. The second kappa shape index (κ2) is 7.81. The summed E-state index contributed by atoms with van der Waals surface area (Å²) in [4.78, 5) is 19.8. The summed E-state index contributed by atoms with van der Waals surface area (Å²) >= 11 is 0. The Morgan fingerprint density at radius 1 is 0.897 bits per heavy atom. The second-order valence-corrected chi connectivity index (χ2v) is 6.20. The number of methoxy groups -OCH3 is 1. The predicted octanol–water partition coefficient (Wildman–Crippen LogP) is 5.03. The van der Waals surface area contributed by atoms with Crippen molar-refractivity contribution in [3.05, 3.63) is 82.9 Å². The number of hydrogen-bond donors (Lipinski definition) is 2. The molecule has 0 aliphatic heterocycles. The Morgan fingerprint density at radius 2 is 1.69 bits per heavy atom. The van der Waals surface area contributed by atoms with Crippen LogP contribution < -0.4 is 15.4 Å². The third-order valence-corrected chi connectivity index (χ3v) is 4.25. The SMILES string of the molecule is COc1cccc(Nc2nc(Nc3ccccc3)c3cc([N+](=O)[O-])ccc3n2)c1. The third-order valence-electron chi connectivity index (χ3n) is 4.25. The van der Waals surface area contributed by atoms with Gasteiger partial charge in [-0.2, -0.15) is 4.98 Å². The lowest BCUT2D eigenvalue weighted by Gasteiger charge is -2.12. The molecule has 4 rings (SSSR count). The average molecular weight is 387 g/mol. The van der Waals surface area contributed by atoms with Crippen molar-refractivity contribution in [2.45, 2.75) is 0 Å². The van der Waals surface area contributed by atoms with Crippen LogP contribution in [0.15, 0.2) is 72.8 Å². The number of hydrogen-bond acceptors (Lipinski definition) is 7. The molecule has 0 radical (unpaired) electrons. The minimum atomic E-state index is -0.436. The molecule has 2 N–H and O–H groups in total. The van der Waals surface area contributed by atoms with Crippen LogP contribution in [-0.4, -0.2) is 22.0 Å². The third kappa shape index (κ3) is 4.06. The standard InChI is InChI=1S/C21H17N5O3/c1-29-17-9-5-8-15(12-17)23-21-24-19-11-10-16(26(27)28)13-18(19)20(25-21)22-14-6-3-2-4-7-14/h2-13H,1H3,(H2,22,23,24,25). The lowest BCUT2D eigenvalue weighted by atomic mass is 10.2. The van der Waals surface area contributed by atoms with E-state index in [0.29, 0.717) is 28.4 Å². The van der Waals surface area contributed by atoms with E-state index < -0.39 is 4.92 Å². The fourth-order valence-electron chi connectivity index (χ4n) is 2.87. The Balaban J connectivity index is 1.79. The van der Waals surface area contributed by atoms with Gasteiger partial charge in [0.2, 0.25) is 5.95 Å². The van der Waals surface area contributed by atoms with Gasteiger partial charge in [0.15, 0.2) is 0 Å². The number of anilines is 4. The van der Waals surface area contributed by atoms with Crippen molar-refractivity contribution < 1.29 is 9.66 Å². The van der Waals surface area contributed by atoms with Crippen LogP contribution in [-0.2, 0) is 0 Å². The van der Waals surface area contributed by atoms with Gasteiger partial charge in [-0.1, -0.05) is 24.3 Å². The fraction of sp³-hybridized carbons (Fsp3) is 0.0476. The molecule has 29 heavy (non-hydrogen) atoms. The number of non-ortho nitro benzene ring substituents is 1. The van der Waals surface area contributed by atoms with E-state index in [1.54, 1.807) is 13.2 Å². The van der Waals surface area contributed by atoms with Gasteiger partial charge >= 0.3 is 0 Å². The van der Waals surface area contributed by atoms with Crippen LogP contribution in [0.3, 0.4) is 0 Å². The number of rotatable bonds is 6. The molecule has 144 valence electrons. The van der Waals surface area contributed by atoms with E-state index in [1.165, 1.54) is 12.1 Å². The number of fused-ring (bicyclic) bond motifs is 1. The molecule has 0 atom stereocenters. The lowest BCUT2D eigenvalue weighted by molar-refractivity contribution is -0.384. The number of para-hydroxylation sites is 1. The Labute approximate surface area is 166 Å². The van der Waals surface area contributed by atoms with E-state index in [-0.39, 0.29) is 5.69 Å². The normalized spacial score (nSPS) is 10.5. The first-order valence-electron chi connectivity index (χ1n) is 8.82. The molecule has 0 saturated heterocycles. The van der Waals surface area contributed by atoms with Crippen molar-refractivity contribution >= 4 is 39.7 Å². The number of benzene rings is 3. The smallest absolute Gasteiger partial charge is 0.270 e. The van der Waals surface area contributed by atoms with E-state index >= 15 is 0 Å². The summed E-state index contributed by atoms with van der Waals surface area (Å²) in [5, 5.41) is 18.1. The van der Waals surface area contributed by atoms with E-state index in [0.717, 1.165) is 11.4 Å². The molecule has 0 amide bonds. The van der Waals surface area contributed by atoms with Gasteiger partial charge < -0.3 is 15.4 Å². The second-order valence-electron chi connectivity index (χ2n) is 6.20. The molecular formula is C21H17N5O3. The molecule has 1 heterocycles. The molecule has 0 bridgehead atoms. The maximum atomic E-state index is 11.2. The molecule has 3 aromatic carbocycles. The fourth-order valence-corrected chi connectivity index (χ4v) is 2.87. The summed E-state index contributed by atoms with van der Waals surface area (Å²) in [7, 11) is 1.60. The first kappa shape index (κ1) is 18.2. The summed E-state index contributed by atoms with van der Waals surface area (Å²) in [5.41, 5.74) is 2.13. The Bertz CT molecular complexity index is 1180. The van der Waals surface area contributed by atoms with Gasteiger partial charge in [-0.3, -0.25) is 10.1 Å². The van der Waals surface area contributed by atoms with Crippen LogP contribution in [0.4, 0.5) is 28.8 Å². The number of ether oxygens (including phenoxy) is 1. The minimum absolute atomic E-state index is 0.0225. The van der Waals surface area contributed by atoms with Gasteiger partial charge in [0.05, 0.1) is 17.5 Å². The topological polar surface area (TPSA) is 102 Å². The van der Waals surface area contributed by atoms with Crippen LogP contribution in [0.1, 0.15) is 0 Å². The molecule has 0 aliphatic rings. The van der Waals surface area contributed by atoms with E-state index in [1.807, 2.05) is 54.6 Å². The first-order chi connectivity index (χ1) is 14.1. The molecule has 0 spiro atoms.